The Kier molecular flexibility index (Phi) is 6.89. The molecule has 0 aliphatic heterocycles. The molecule has 118 valence electrons. The van der Waals surface area contributed by atoms with Crippen LogP contribution in [-0.2, 0) is 11.2 Å². The van der Waals surface area contributed by atoms with Crippen molar-refractivity contribution in [1.29, 1.82) is 0 Å². The van der Waals surface area contributed by atoms with E-state index in [9.17, 15) is 9.59 Å². The van der Waals surface area contributed by atoms with Crippen LogP contribution in [0.5, 0.6) is 0 Å². The number of thiophene rings is 1. The van der Waals surface area contributed by atoms with Crippen molar-refractivity contribution in [1.82, 2.24) is 4.90 Å². The molecular formula is C16H25NO3S. The van der Waals surface area contributed by atoms with E-state index in [-0.39, 0.29) is 18.9 Å². The molecule has 1 rings (SSSR count). The molecule has 0 unspecified atom stereocenters. The van der Waals surface area contributed by atoms with Crippen LogP contribution < -0.4 is 0 Å². The second kappa shape index (κ2) is 8.17. The molecule has 0 atom stereocenters. The number of aryl methyl sites for hydroxylation is 2. The zero-order valence-electron chi connectivity index (χ0n) is 13.3. The molecule has 0 aromatic carbocycles. The lowest BCUT2D eigenvalue weighted by Crippen LogP contribution is -2.35. The standard InChI is InChI=1S/C16H25NO3S/c1-5-6-13-9-14(21-12(13)4)16(20)17(10-11(2)3)8-7-15(18)19/h9,11H,5-8,10H2,1-4H3,(H,18,19). The second-order valence-electron chi connectivity index (χ2n) is 5.73. The largest absolute Gasteiger partial charge is 0.481 e. The average molecular weight is 311 g/mol. The lowest BCUT2D eigenvalue weighted by Gasteiger charge is -2.23. The van der Waals surface area contributed by atoms with Crippen LogP contribution >= 0.6 is 11.3 Å². The summed E-state index contributed by atoms with van der Waals surface area (Å²) < 4.78 is 0. The van der Waals surface area contributed by atoms with Crippen LogP contribution in [-0.4, -0.2) is 35.0 Å². The van der Waals surface area contributed by atoms with Crippen LogP contribution in [0.15, 0.2) is 6.07 Å². The predicted octanol–water partition coefficient (Wildman–Crippen LogP) is 3.58. The van der Waals surface area contributed by atoms with Crippen molar-refractivity contribution in [3.05, 3.63) is 21.4 Å². The van der Waals surface area contributed by atoms with Crippen LogP contribution in [0.2, 0.25) is 0 Å². The minimum atomic E-state index is -0.870. The lowest BCUT2D eigenvalue weighted by atomic mass is 10.1. The Hall–Kier alpha value is -1.36. The summed E-state index contributed by atoms with van der Waals surface area (Å²) in [6, 6.07) is 1.97. The van der Waals surface area contributed by atoms with E-state index in [0.29, 0.717) is 12.5 Å². The molecule has 21 heavy (non-hydrogen) atoms. The molecule has 0 fully saturated rings. The number of carbonyl (C=O) groups excluding carboxylic acids is 1. The van der Waals surface area contributed by atoms with E-state index in [2.05, 4.69) is 6.92 Å². The number of hydrogen-bond acceptors (Lipinski definition) is 3. The summed E-state index contributed by atoms with van der Waals surface area (Å²) in [4.78, 5) is 26.9. The lowest BCUT2D eigenvalue weighted by molar-refractivity contribution is -0.137. The molecule has 1 heterocycles. The van der Waals surface area contributed by atoms with Gasteiger partial charge in [-0.2, -0.15) is 0 Å². The van der Waals surface area contributed by atoms with Crippen LogP contribution in [0, 0.1) is 12.8 Å². The highest BCUT2D eigenvalue weighted by atomic mass is 32.1. The van der Waals surface area contributed by atoms with E-state index in [4.69, 9.17) is 5.11 Å². The van der Waals surface area contributed by atoms with Crippen LogP contribution in [0.3, 0.4) is 0 Å². The van der Waals surface area contributed by atoms with Crippen molar-refractivity contribution in [2.24, 2.45) is 5.92 Å². The molecule has 0 saturated carbocycles. The third kappa shape index (κ3) is 5.50. The van der Waals surface area contributed by atoms with E-state index in [1.807, 2.05) is 26.8 Å². The van der Waals surface area contributed by atoms with Gasteiger partial charge in [0.25, 0.3) is 5.91 Å². The number of amides is 1. The Morgan fingerprint density at radius 1 is 1.38 bits per heavy atom. The first-order chi connectivity index (χ1) is 9.85. The van der Waals surface area contributed by atoms with Gasteiger partial charge in [0, 0.05) is 18.0 Å². The zero-order chi connectivity index (χ0) is 16.0. The molecular weight excluding hydrogens is 286 g/mol. The van der Waals surface area contributed by atoms with Crippen molar-refractivity contribution in [3.8, 4) is 0 Å². The number of rotatable bonds is 8. The average Bonchev–Trinajstić information content (AvgIpc) is 2.75. The number of nitrogens with zero attached hydrogens (tertiary/aromatic N) is 1. The van der Waals surface area contributed by atoms with Crippen LogP contribution in [0.25, 0.3) is 0 Å². The monoisotopic (exact) mass is 311 g/mol. The Labute approximate surface area is 130 Å². The number of aliphatic carboxylic acids is 1. The van der Waals surface area contributed by atoms with Gasteiger partial charge in [-0.05, 0) is 30.9 Å². The topological polar surface area (TPSA) is 57.6 Å². The van der Waals surface area contributed by atoms with E-state index in [1.165, 1.54) is 21.8 Å². The Morgan fingerprint density at radius 2 is 2.05 bits per heavy atom. The van der Waals surface area contributed by atoms with Gasteiger partial charge in [-0.1, -0.05) is 27.2 Å². The van der Waals surface area contributed by atoms with Gasteiger partial charge in [0.1, 0.15) is 0 Å². The first-order valence-electron chi connectivity index (χ1n) is 7.45. The molecule has 0 spiro atoms. The molecule has 0 saturated heterocycles. The number of carboxylic acid groups (broad SMARTS) is 1. The maximum Gasteiger partial charge on any atom is 0.305 e. The van der Waals surface area contributed by atoms with Crippen molar-refractivity contribution in [3.63, 3.8) is 0 Å². The zero-order valence-corrected chi connectivity index (χ0v) is 14.1. The molecule has 5 heteroatoms. The van der Waals surface area contributed by atoms with Gasteiger partial charge in [0.05, 0.1) is 11.3 Å². The summed E-state index contributed by atoms with van der Waals surface area (Å²) in [5.74, 6) is -0.593. The van der Waals surface area contributed by atoms with Gasteiger partial charge in [0.15, 0.2) is 0 Å². The molecule has 0 aliphatic rings. The first kappa shape index (κ1) is 17.7. The van der Waals surface area contributed by atoms with Crippen LogP contribution in [0.1, 0.15) is 53.7 Å². The van der Waals surface area contributed by atoms with Crippen molar-refractivity contribution in [2.45, 2.75) is 47.0 Å². The summed E-state index contributed by atoms with van der Waals surface area (Å²) in [5.41, 5.74) is 1.23. The van der Waals surface area contributed by atoms with Crippen molar-refractivity contribution >= 4 is 23.2 Å². The normalized spacial score (nSPS) is 10.9. The smallest absolute Gasteiger partial charge is 0.305 e. The molecule has 1 N–H and O–H groups in total. The van der Waals surface area contributed by atoms with Gasteiger partial charge in [0.2, 0.25) is 0 Å². The predicted molar refractivity (Wildman–Crippen MR) is 86.0 cm³/mol. The maximum atomic E-state index is 12.6. The van der Waals surface area contributed by atoms with Gasteiger partial charge in [-0.25, -0.2) is 0 Å². The fourth-order valence-electron chi connectivity index (χ4n) is 2.25. The molecule has 1 aromatic heterocycles. The van der Waals surface area contributed by atoms with Crippen molar-refractivity contribution in [2.75, 3.05) is 13.1 Å². The number of carboxylic acids is 1. The number of hydrogen-bond donors (Lipinski definition) is 1. The Balaban J connectivity index is 2.87. The quantitative estimate of drug-likeness (QED) is 0.798. The van der Waals surface area contributed by atoms with Crippen LogP contribution in [0.4, 0.5) is 0 Å². The summed E-state index contributed by atoms with van der Waals surface area (Å²) in [6.45, 7) is 9.08. The highest BCUT2D eigenvalue weighted by Crippen LogP contribution is 2.24. The molecule has 1 aromatic rings. The molecule has 0 radical (unpaired) electrons. The summed E-state index contributed by atoms with van der Waals surface area (Å²) in [7, 11) is 0. The van der Waals surface area contributed by atoms with Gasteiger partial charge < -0.3 is 10.0 Å². The summed E-state index contributed by atoms with van der Waals surface area (Å²) in [6.07, 6.45) is 2.03. The van der Waals surface area contributed by atoms with Gasteiger partial charge in [-0.3, -0.25) is 9.59 Å². The van der Waals surface area contributed by atoms with E-state index < -0.39 is 5.97 Å². The first-order valence-corrected chi connectivity index (χ1v) is 8.27. The summed E-state index contributed by atoms with van der Waals surface area (Å²) in [5, 5.41) is 8.83. The van der Waals surface area contributed by atoms with Crippen molar-refractivity contribution < 1.29 is 14.7 Å². The molecule has 0 aliphatic carbocycles. The Bertz CT molecular complexity index is 494. The third-order valence-electron chi connectivity index (χ3n) is 3.22. The maximum absolute atomic E-state index is 12.6. The minimum Gasteiger partial charge on any atom is -0.481 e. The SMILES string of the molecule is CCCc1cc(C(=O)N(CCC(=O)O)CC(C)C)sc1C. The molecule has 0 bridgehead atoms. The van der Waals surface area contributed by atoms with E-state index in [0.717, 1.165) is 17.7 Å². The van der Waals surface area contributed by atoms with Gasteiger partial charge >= 0.3 is 5.97 Å². The summed E-state index contributed by atoms with van der Waals surface area (Å²) >= 11 is 1.51. The van der Waals surface area contributed by atoms with E-state index >= 15 is 0 Å². The van der Waals surface area contributed by atoms with E-state index in [1.54, 1.807) is 4.90 Å². The fourth-order valence-corrected chi connectivity index (χ4v) is 3.29. The van der Waals surface area contributed by atoms with Gasteiger partial charge in [-0.15, -0.1) is 11.3 Å². The highest BCUT2D eigenvalue weighted by molar-refractivity contribution is 7.14. The fraction of sp³-hybridized carbons (Fsp3) is 0.625. The molecule has 4 nitrogen and oxygen atoms in total. The highest BCUT2D eigenvalue weighted by Gasteiger charge is 2.20. The number of carbonyl (C=O) groups is 2. The molecule has 1 amide bonds. The minimum absolute atomic E-state index is 0.00929. The Morgan fingerprint density at radius 3 is 2.57 bits per heavy atom. The third-order valence-corrected chi connectivity index (χ3v) is 4.30. The second-order valence-corrected chi connectivity index (χ2v) is 6.99.